The zero-order valence-corrected chi connectivity index (χ0v) is 17.8. The van der Waals surface area contributed by atoms with Gasteiger partial charge in [-0.05, 0) is 54.6 Å². The molecule has 0 aliphatic carbocycles. The summed E-state index contributed by atoms with van der Waals surface area (Å²) in [6.07, 6.45) is 3.18. The SMILES string of the molecule is O=C(Nc1ccc(S(=O)(=O)Nc2ccc3cn[nH]c3c2)cc1)c1ccc2cccnc2c1O. The van der Waals surface area contributed by atoms with Crippen LogP contribution in [0.25, 0.3) is 21.8 Å². The van der Waals surface area contributed by atoms with Gasteiger partial charge in [0.05, 0.1) is 27.9 Å². The van der Waals surface area contributed by atoms with Crippen LogP contribution in [0.3, 0.4) is 0 Å². The summed E-state index contributed by atoms with van der Waals surface area (Å²) in [5.41, 5.74) is 1.86. The smallest absolute Gasteiger partial charge is 0.261 e. The van der Waals surface area contributed by atoms with Crippen molar-refractivity contribution in [3.8, 4) is 5.75 Å². The van der Waals surface area contributed by atoms with Gasteiger partial charge < -0.3 is 10.4 Å². The molecule has 5 rings (SSSR count). The third-order valence-electron chi connectivity index (χ3n) is 5.11. The number of carbonyl (C=O) groups excluding carboxylic acids is 1. The Morgan fingerprint density at radius 3 is 2.52 bits per heavy atom. The van der Waals surface area contributed by atoms with E-state index >= 15 is 0 Å². The number of hydrogen-bond acceptors (Lipinski definition) is 6. The van der Waals surface area contributed by atoms with Crippen LogP contribution >= 0.6 is 0 Å². The van der Waals surface area contributed by atoms with Crippen molar-refractivity contribution in [1.82, 2.24) is 15.2 Å². The van der Waals surface area contributed by atoms with Gasteiger partial charge in [0.25, 0.3) is 15.9 Å². The highest BCUT2D eigenvalue weighted by molar-refractivity contribution is 7.92. The molecule has 0 aliphatic heterocycles. The fourth-order valence-electron chi connectivity index (χ4n) is 3.44. The summed E-state index contributed by atoms with van der Waals surface area (Å²) in [6.45, 7) is 0. The Morgan fingerprint density at radius 2 is 1.70 bits per heavy atom. The van der Waals surface area contributed by atoms with Crippen molar-refractivity contribution in [3.63, 3.8) is 0 Å². The Bertz CT molecular complexity index is 1610. The first kappa shape index (κ1) is 20.5. The van der Waals surface area contributed by atoms with Crippen LogP contribution in [0.15, 0.2) is 84.0 Å². The number of amides is 1. The summed E-state index contributed by atoms with van der Waals surface area (Å²) in [7, 11) is -3.84. The number of hydrogen-bond donors (Lipinski definition) is 4. The molecule has 2 aromatic heterocycles. The summed E-state index contributed by atoms with van der Waals surface area (Å²) < 4.78 is 28.0. The predicted octanol–water partition coefficient (Wildman–Crippen LogP) is 3.87. The lowest BCUT2D eigenvalue weighted by molar-refractivity contribution is 0.102. The lowest BCUT2D eigenvalue weighted by Gasteiger charge is -2.11. The van der Waals surface area contributed by atoms with Gasteiger partial charge in [0.15, 0.2) is 5.75 Å². The molecule has 0 saturated carbocycles. The number of H-pyrrole nitrogens is 1. The average molecular weight is 459 g/mol. The Balaban J connectivity index is 1.33. The molecule has 0 saturated heterocycles. The van der Waals surface area contributed by atoms with Crippen LogP contribution < -0.4 is 10.0 Å². The van der Waals surface area contributed by atoms with Crippen molar-refractivity contribution in [3.05, 3.63) is 84.7 Å². The summed E-state index contributed by atoms with van der Waals surface area (Å²) >= 11 is 0. The molecule has 0 spiro atoms. The van der Waals surface area contributed by atoms with Crippen molar-refractivity contribution in [2.24, 2.45) is 0 Å². The number of rotatable bonds is 5. The number of anilines is 2. The third kappa shape index (κ3) is 3.94. The predicted molar refractivity (Wildman–Crippen MR) is 125 cm³/mol. The molecule has 10 heteroatoms. The Hall–Kier alpha value is -4.44. The summed E-state index contributed by atoms with van der Waals surface area (Å²) in [4.78, 5) is 16.8. The van der Waals surface area contributed by atoms with E-state index in [1.54, 1.807) is 42.6 Å². The maximum Gasteiger partial charge on any atom is 0.261 e. The van der Waals surface area contributed by atoms with Gasteiger partial charge in [0.2, 0.25) is 0 Å². The standard InChI is InChI=1S/C23H17N5O4S/c29-22-19(10-4-14-2-1-11-24-21(14)22)23(30)26-16-6-8-18(9-7-16)33(31,32)28-17-5-3-15-13-25-27-20(15)12-17/h1-13,28-29H,(H,25,27)(H,26,30). The average Bonchev–Trinajstić information content (AvgIpc) is 3.27. The molecule has 0 fully saturated rings. The largest absolute Gasteiger partial charge is 0.505 e. The fourth-order valence-corrected chi connectivity index (χ4v) is 4.49. The Morgan fingerprint density at radius 1 is 0.939 bits per heavy atom. The lowest BCUT2D eigenvalue weighted by Crippen LogP contribution is -2.14. The van der Waals surface area contributed by atoms with Crippen molar-refractivity contribution >= 4 is 49.1 Å². The van der Waals surface area contributed by atoms with Gasteiger partial charge in [0.1, 0.15) is 5.52 Å². The number of sulfonamides is 1. The van der Waals surface area contributed by atoms with E-state index < -0.39 is 15.9 Å². The minimum absolute atomic E-state index is 0.0305. The molecule has 1 amide bonds. The summed E-state index contributed by atoms with van der Waals surface area (Å²) in [5.74, 6) is -0.759. The lowest BCUT2D eigenvalue weighted by atomic mass is 10.1. The quantitative estimate of drug-likeness (QED) is 0.315. The van der Waals surface area contributed by atoms with E-state index in [-0.39, 0.29) is 16.2 Å². The number of pyridine rings is 1. The Kier molecular flexibility index (Phi) is 4.91. The topological polar surface area (TPSA) is 137 Å². The Labute approximate surface area is 188 Å². The molecular formula is C23H17N5O4S. The number of phenolic OH excluding ortho intramolecular Hbond substituents is 1. The van der Waals surface area contributed by atoms with Crippen molar-refractivity contribution < 1.29 is 18.3 Å². The molecule has 0 atom stereocenters. The molecule has 2 heterocycles. The number of aromatic amines is 1. The normalized spacial score (nSPS) is 11.5. The highest BCUT2D eigenvalue weighted by atomic mass is 32.2. The molecule has 164 valence electrons. The summed E-state index contributed by atoms with van der Waals surface area (Å²) in [5, 5.41) is 21.4. The number of benzene rings is 3. The molecule has 0 radical (unpaired) electrons. The van der Waals surface area contributed by atoms with E-state index in [1.807, 2.05) is 0 Å². The maximum atomic E-state index is 12.7. The first-order valence-corrected chi connectivity index (χ1v) is 11.3. The van der Waals surface area contributed by atoms with Gasteiger partial charge in [-0.3, -0.25) is 19.6 Å². The van der Waals surface area contributed by atoms with Crippen LogP contribution in [-0.4, -0.2) is 34.6 Å². The molecule has 5 aromatic rings. The van der Waals surface area contributed by atoms with E-state index in [1.165, 1.54) is 36.5 Å². The number of aromatic nitrogens is 3. The minimum Gasteiger partial charge on any atom is -0.505 e. The third-order valence-corrected chi connectivity index (χ3v) is 6.51. The van der Waals surface area contributed by atoms with Gasteiger partial charge in [-0.25, -0.2) is 8.42 Å². The van der Waals surface area contributed by atoms with E-state index in [9.17, 15) is 18.3 Å². The highest BCUT2D eigenvalue weighted by Gasteiger charge is 2.17. The molecule has 0 bridgehead atoms. The van der Waals surface area contributed by atoms with E-state index in [2.05, 4.69) is 25.2 Å². The number of nitrogens with zero attached hydrogens (tertiary/aromatic N) is 2. The van der Waals surface area contributed by atoms with Crippen LogP contribution in [0.1, 0.15) is 10.4 Å². The molecule has 0 unspecified atom stereocenters. The van der Waals surface area contributed by atoms with Gasteiger partial charge in [0, 0.05) is 22.7 Å². The second kappa shape index (κ2) is 7.92. The van der Waals surface area contributed by atoms with Gasteiger partial charge in [-0.1, -0.05) is 12.1 Å². The number of nitrogens with one attached hydrogen (secondary N) is 3. The van der Waals surface area contributed by atoms with Crippen LogP contribution in [-0.2, 0) is 10.0 Å². The van der Waals surface area contributed by atoms with Crippen LogP contribution in [0.2, 0.25) is 0 Å². The number of phenols is 1. The molecule has 9 nitrogen and oxygen atoms in total. The fraction of sp³-hybridized carbons (Fsp3) is 0. The molecular weight excluding hydrogens is 442 g/mol. The van der Waals surface area contributed by atoms with Crippen LogP contribution in [0.4, 0.5) is 11.4 Å². The first-order valence-electron chi connectivity index (χ1n) is 9.85. The summed E-state index contributed by atoms with van der Waals surface area (Å²) in [6, 6.07) is 17.5. The zero-order valence-electron chi connectivity index (χ0n) is 17.0. The van der Waals surface area contributed by atoms with E-state index in [0.29, 0.717) is 27.8 Å². The van der Waals surface area contributed by atoms with Crippen LogP contribution in [0.5, 0.6) is 5.75 Å². The zero-order chi connectivity index (χ0) is 23.0. The number of fused-ring (bicyclic) bond motifs is 2. The monoisotopic (exact) mass is 459 g/mol. The van der Waals surface area contributed by atoms with Gasteiger partial charge >= 0.3 is 0 Å². The van der Waals surface area contributed by atoms with Gasteiger partial charge in [-0.15, -0.1) is 0 Å². The maximum absolute atomic E-state index is 12.7. The van der Waals surface area contributed by atoms with Gasteiger partial charge in [-0.2, -0.15) is 5.10 Å². The first-order chi connectivity index (χ1) is 15.9. The number of carbonyl (C=O) groups is 1. The van der Waals surface area contributed by atoms with E-state index in [4.69, 9.17) is 0 Å². The van der Waals surface area contributed by atoms with Crippen molar-refractivity contribution in [1.29, 1.82) is 0 Å². The molecule has 0 aliphatic rings. The highest BCUT2D eigenvalue weighted by Crippen LogP contribution is 2.28. The van der Waals surface area contributed by atoms with Crippen molar-refractivity contribution in [2.75, 3.05) is 10.0 Å². The molecule has 33 heavy (non-hydrogen) atoms. The second-order valence-electron chi connectivity index (χ2n) is 7.29. The molecule has 4 N–H and O–H groups in total. The molecule has 3 aromatic carbocycles. The second-order valence-corrected chi connectivity index (χ2v) is 8.98. The van der Waals surface area contributed by atoms with E-state index in [0.717, 1.165) is 5.39 Å². The number of aromatic hydroxyl groups is 1. The van der Waals surface area contributed by atoms with Crippen molar-refractivity contribution in [2.45, 2.75) is 4.90 Å². The van der Waals surface area contributed by atoms with Crippen LogP contribution in [0, 0.1) is 0 Å². The minimum atomic E-state index is -3.84.